The quantitative estimate of drug-likeness (QED) is 0.836. The lowest BCUT2D eigenvalue weighted by atomic mass is 9.92. The van der Waals surface area contributed by atoms with E-state index in [9.17, 15) is 4.79 Å². The largest absolute Gasteiger partial charge is 0.352 e. The molecule has 0 aromatic heterocycles. The number of nitrogens with one attached hydrogen (secondary N) is 2. The maximum Gasteiger partial charge on any atom is 0.237 e. The number of likely N-dealkylation sites (tertiary alicyclic amines) is 1. The van der Waals surface area contributed by atoms with Crippen molar-refractivity contribution in [3.05, 3.63) is 0 Å². The number of piperidine rings is 1. The summed E-state index contributed by atoms with van der Waals surface area (Å²) in [7, 11) is 0. The molecule has 3 rings (SSSR count). The fraction of sp³-hybridized carbons (Fsp3) is 0.938. The molecule has 0 bridgehead atoms. The first-order chi connectivity index (χ1) is 9.74. The molecule has 3 unspecified atom stereocenters. The number of amides is 1. The fourth-order valence-corrected chi connectivity index (χ4v) is 4.16. The van der Waals surface area contributed by atoms with E-state index in [0.29, 0.717) is 12.1 Å². The minimum atomic E-state index is 0. The van der Waals surface area contributed by atoms with Gasteiger partial charge in [-0.15, -0.1) is 12.4 Å². The first-order valence-electron chi connectivity index (χ1n) is 8.52. The summed E-state index contributed by atoms with van der Waals surface area (Å²) in [6.45, 7) is 5.40. The van der Waals surface area contributed by atoms with Crippen molar-refractivity contribution in [2.75, 3.05) is 19.6 Å². The van der Waals surface area contributed by atoms with Crippen molar-refractivity contribution >= 4 is 18.3 Å². The van der Waals surface area contributed by atoms with E-state index in [-0.39, 0.29) is 24.4 Å². The Morgan fingerprint density at radius 3 is 2.71 bits per heavy atom. The normalized spacial score (nSPS) is 32.0. The van der Waals surface area contributed by atoms with Gasteiger partial charge < -0.3 is 10.6 Å². The third kappa shape index (κ3) is 4.11. The third-order valence-electron chi connectivity index (χ3n) is 5.57. The van der Waals surface area contributed by atoms with Crippen LogP contribution in [0.2, 0.25) is 0 Å². The van der Waals surface area contributed by atoms with Gasteiger partial charge in [-0.25, -0.2) is 0 Å². The third-order valence-corrected chi connectivity index (χ3v) is 5.57. The Labute approximate surface area is 134 Å². The number of hydrogen-bond acceptors (Lipinski definition) is 3. The number of carbonyl (C=O) groups is 1. The minimum absolute atomic E-state index is 0. The fourth-order valence-electron chi connectivity index (χ4n) is 4.16. The van der Waals surface area contributed by atoms with Gasteiger partial charge in [0, 0.05) is 25.2 Å². The maximum atomic E-state index is 12.4. The Hall–Kier alpha value is -0.320. The summed E-state index contributed by atoms with van der Waals surface area (Å²) in [6.07, 6.45) is 8.71. The summed E-state index contributed by atoms with van der Waals surface area (Å²) in [4.78, 5) is 14.8. The predicted molar refractivity (Wildman–Crippen MR) is 87.8 cm³/mol. The molecule has 0 aromatic carbocycles. The Morgan fingerprint density at radius 1 is 1.19 bits per heavy atom. The van der Waals surface area contributed by atoms with E-state index in [1.54, 1.807) is 0 Å². The summed E-state index contributed by atoms with van der Waals surface area (Å²) < 4.78 is 0. The van der Waals surface area contributed by atoms with Crippen LogP contribution in [-0.2, 0) is 4.79 Å². The molecule has 5 heteroatoms. The van der Waals surface area contributed by atoms with Gasteiger partial charge >= 0.3 is 0 Å². The van der Waals surface area contributed by atoms with Crippen molar-refractivity contribution in [1.29, 1.82) is 0 Å². The lowest BCUT2D eigenvalue weighted by Gasteiger charge is -2.38. The molecule has 0 aromatic rings. The van der Waals surface area contributed by atoms with E-state index in [0.717, 1.165) is 25.6 Å². The van der Waals surface area contributed by atoms with Crippen LogP contribution in [-0.4, -0.2) is 48.6 Å². The number of hydrogen-bond donors (Lipinski definition) is 2. The molecule has 21 heavy (non-hydrogen) atoms. The number of halogens is 1. The van der Waals surface area contributed by atoms with Crippen molar-refractivity contribution in [3.63, 3.8) is 0 Å². The van der Waals surface area contributed by atoms with Gasteiger partial charge in [0.15, 0.2) is 0 Å². The van der Waals surface area contributed by atoms with Gasteiger partial charge in [0.25, 0.3) is 0 Å². The number of rotatable bonds is 3. The highest BCUT2D eigenvalue weighted by molar-refractivity contribution is 5.85. The van der Waals surface area contributed by atoms with E-state index in [1.807, 2.05) is 0 Å². The Kier molecular flexibility index (Phi) is 6.33. The highest BCUT2D eigenvalue weighted by Crippen LogP contribution is 2.26. The molecule has 2 aliphatic heterocycles. The first kappa shape index (κ1) is 17.0. The smallest absolute Gasteiger partial charge is 0.237 e. The van der Waals surface area contributed by atoms with Crippen molar-refractivity contribution in [3.8, 4) is 0 Å². The molecular formula is C16H30ClN3O. The Morgan fingerprint density at radius 2 is 1.95 bits per heavy atom. The van der Waals surface area contributed by atoms with Gasteiger partial charge in [0.1, 0.15) is 0 Å². The molecule has 4 nitrogen and oxygen atoms in total. The van der Waals surface area contributed by atoms with Gasteiger partial charge in [-0.05, 0) is 45.1 Å². The molecule has 0 radical (unpaired) electrons. The van der Waals surface area contributed by atoms with Crippen LogP contribution >= 0.6 is 12.4 Å². The van der Waals surface area contributed by atoms with Crippen LogP contribution in [0.25, 0.3) is 0 Å². The van der Waals surface area contributed by atoms with Crippen LogP contribution in [0.5, 0.6) is 0 Å². The highest BCUT2D eigenvalue weighted by atomic mass is 35.5. The molecule has 3 fully saturated rings. The first-order valence-corrected chi connectivity index (χ1v) is 8.52. The lowest BCUT2D eigenvalue weighted by Crippen LogP contribution is -2.54. The average Bonchev–Trinajstić information content (AvgIpc) is 2.94. The molecule has 122 valence electrons. The van der Waals surface area contributed by atoms with Crippen LogP contribution in [0.15, 0.2) is 0 Å². The molecule has 2 heterocycles. The monoisotopic (exact) mass is 315 g/mol. The molecule has 3 atom stereocenters. The molecule has 0 spiro atoms. The summed E-state index contributed by atoms with van der Waals surface area (Å²) in [6, 6.07) is 1.18. The SMILES string of the molecule is CC(C(=O)NC1CCCCC1)N1CCC2NCCC2C1.Cl. The zero-order chi connectivity index (χ0) is 13.9. The number of carbonyl (C=O) groups excluding carboxylic acids is 1. The average molecular weight is 316 g/mol. The van der Waals surface area contributed by atoms with Gasteiger partial charge in [0.05, 0.1) is 6.04 Å². The Bertz CT molecular complexity index is 346. The minimum Gasteiger partial charge on any atom is -0.352 e. The second kappa shape index (κ2) is 7.80. The number of nitrogens with zero attached hydrogens (tertiary/aromatic N) is 1. The predicted octanol–water partition coefficient (Wildman–Crippen LogP) is 1.93. The lowest BCUT2D eigenvalue weighted by molar-refractivity contribution is -0.127. The van der Waals surface area contributed by atoms with Gasteiger partial charge in [-0.3, -0.25) is 9.69 Å². The van der Waals surface area contributed by atoms with Crippen molar-refractivity contribution in [2.24, 2.45) is 5.92 Å². The maximum absolute atomic E-state index is 12.4. The van der Waals surface area contributed by atoms with Crippen LogP contribution in [0.1, 0.15) is 51.9 Å². The van der Waals surface area contributed by atoms with E-state index < -0.39 is 0 Å². The molecular weight excluding hydrogens is 286 g/mol. The second-order valence-electron chi connectivity index (χ2n) is 6.91. The van der Waals surface area contributed by atoms with Crippen LogP contribution in [0.4, 0.5) is 0 Å². The van der Waals surface area contributed by atoms with Crippen LogP contribution in [0.3, 0.4) is 0 Å². The van der Waals surface area contributed by atoms with Gasteiger partial charge in [0.2, 0.25) is 5.91 Å². The van der Waals surface area contributed by atoms with E-state index in [2.05, 4.69) is 22.5 Å². The zero-order valence-corrected chi connectivity index (χ0v) is 14.0. The van der Waals surface area contributed by atoms with E-state index >= 15 is 0 Å². The Balaban J connectivity index is 0.00000161. The molecule has 1 aliphatic carbocycles. The summed E-state index contributed by atoms with van der Waals surface area (Å²) in [5, 5.41) is 6.87. The van der Waals surface area contributed by atoms with Crippen LogP contribution in [0, 0.1) is 5.92 Å². The standard InChI is InChI=1S/C16H29N3O.ClH/c1-12(16(20)18-14-5-3-2-4-6-14)19-10-8-15-13(11-19)7-9-17-15;/h12-15,17H,2-11H2,1H3,(H,18,20);1H. The topological polar surface area (TPSA) is 44.4 Å². The summed E-state index contributed by atoms with van der Waals surface area (Å²) >= 11 is 0. The summed E-state index contributed by atoms with van der Waals surface area (Å²) in [5.74, 6) is 1.01. The molecule has 3 aliphatic rings. The molecule has 1 amide bonds. The zero-order valence-electron chi connectivity index (χ0n) is 13.1. The van der Waals surface area contributed by atoms with Gasteiger partial charge in [-0.2, -0.15) is 0 Å². The van der Waals surface area contributed by atoms with Gasteiger partial charge in [-0.1, -0.05) is 19.3 Å². The van der Waals surface area contributed by atoms with Crippen LogP contribution < -0.4 is 10.6 Å². The van der Waals surface area contributed by atoms with E-state index in [4.69, 9.17) is 0 Å². The number of fused-ring (bicyclic) bond motifs is 1. The summed E-state index contributed by atoms with van der Waals surface area (Å²) in [5.41, 5.74) is 0. The molecule has 2 saturated heterocycles. The molecule has 1 saturated carbocycles. The van der Waals surface area contributed by atoms with Crippen molar-refractivity contribution in [1.82, 2.24) is 15.5 Å². The second-order valence-corrected chi connectivity index (χ2v) is 6.91. The highest BCUT2D eigenvalue weighted by Gasteiger charge is 2.35. The van der Waals surface area contributed by atoms with E-state index in [1.165, 1.54) is 44.9 Å². The van der Waals surface area contributed by atoms with Crippen molar-refractivity contribution in [2.45, 2.75) is 70.0 Å². The molecule has 2 N–H and O–H groups in total. The van der Waals surface area contributed by atoms with Crippen molar-refractivity contribution < 1.29 is 4.79 Å².